The summed E-state index contributed by atoms with van der Waals surface area (Å²) in [5, 5.41) is -0.142. The Morgan fingerprint density at radius 2 is 2.16 bits per heavy atom. The molecule has 1 atom stereocenters. The second kappa shape index (κ2) is 10.3. The minimum Gasteiger partial charge on any atom is -0.383 e. The Bertz CT molecular complexity index is 1000. The molecule has 31 heavy (non-hydrogen) atoms. The Morgan fingerprint density at radius 3 is 2.81 bits per heavy atom. The fraction of sp³-hybridized carbons (Fsp3) is 0.524. The summed E-state index contributed by atoms with van der Waals surface area (Å²) in [5.41, 5.74) is 0.662. The molecule has 1 saturated heterocycles. The number of imidazole rings is 1. The van der Waals surface area contributed by atoms with Gasteiger partial charge in [-0.2, -0.15) is 0 Å². The first-order chi connectivity index (χ1) is 14.8. The van der Waals surface area contributed by atoms with Gasteiger partial charge >= 0.3 is 0 Å². The van der Waals surface area contributed by atoms with Gasteiger partial charge in [0.25, 0.3) is 0 Å². The van der Waals surface area contributed by atoms with Gasteiger partial charge in [0.1, 0.15) is 5.82 Å². The molecule has 0 aliphatic carbocycles. The molecule has 0 saturated carbocycles. The average Bonchev–Trinajstić information content (AvgIpc) is 3.37. The molecule has 2 heterocycles. The summed E-state index contributed by atoms with van der Waals surface area (Å²) in [4.78, 5) is 17.8. The van der Waals surface area contributed by atoms with Crippen LogP contribution in [0, 0.1) is 5.82 Å². The summed E-state index contributed by atoms with van der Waals surface area (Å²) in [7, 11) is -2.38. The molecular formula is C21H28FN3O5S. The highest BCUT2D eigenvalue weighted by Gasteiger charge is 2.28. The number of halogens is 1. The molecule has 1 amide bonds. The van der Waals surface area contributed by atoms with Crippen LogP contribution in [-0.2, 0) is 42.9 Å². The average molecular weight is 454 g/mol. The van der Waals surface area contributed by atoms with Crippen molar-refractivity contribution in [3.63, 3.8) is 0 Å². The van der Waals surface area contributed by atoms with Crippen LogP contribution in [0.4, 0.5) is 4.39 Å². The number of carbonyl (C=O) groups is 1. The molecule has 0 radical (unpaired) electrons. The van der Waals surface area contributed by atoms with Crippen molar-refractivity contribution >= 4 is 15.7 Å². The van der Waals surface area contributed by atoms with Crippen LogP contribution in [0.2, 0.25) is 0 Å². The molecule has 170 valence electrons. The molecule has 1 aromatic heterocycles. The van der Waals surface area contributed by atoms with Crippen molar-refractivity contribution in [2.75, 3.05) is 26.9 Å². The topological polar surface area (TPSA) is 90.7 Å². The predicted molar refractivity (Wildman–Crippen MR) is 111 cm³/mol. The van der Waals surface area contributed by atoms with Gasteiger partial charge in [0, 0.05) is 32.7 Å². The van der Waals surface area contributed by atoms with Crippen molar-refractivity contribution in [2.24, 2.45) is 0 Å². The van der Waals surface area contributed by atoms with Crippen LogP contribution in [0.1, 0.15) is 31.0 Å². The first-order valence-corrected chi connectivity index (χ1v) is 11.8. The molecule has 0 unspecified atom stereocenters. The maximum absolute atomic E-state index is 14.1. The van der Waals surface area contributed by atoms with E-state index in [0.29, 0.717) is 32.0 Å². The number of benzene rings is 1. The lowest BCUT2D eigenvalue weighted by atomic mass is 10.2. The number of hydrogen-bond acceptors (Lipinski definition) is 6. The lowest BCUT2D eigenvalue weighted by Gasteiger charge is -2.23. The van der Waals surface area contributed by atoms with Crippen molar-refractivity contribution in [1.82, 2.24) is 14.5 Å². The molecule has 0 bridgehead atoms. The summed E-state index contributed by atoms with van der Waals surface area (Å²) >= 11 is 0. The molecule has 3 rings (SSSR count). The van der Waals surface area contributed by atoms with Gasteiger partial charge in [-0.1, -0.05) is 18.2 Å². The zero-order chi connectivity index (χ0) is 22.4. The highest BCUT2D eigenvalue weighted by Crippen LogP contribution is 2.23. The van der Waals surface area contributed by atoms with E-state index in [-0.39, 0.29) is 29.3 Å². The van der Waals surface area contributed by atoms with E-state index >= 15 is 0 Å². The smallest absolute Gasteiger partial charge is 0.228 e. The van der Waals surface area contributed by atoms with E-state index in [1.807, 2.05) is 0 Å². The molecule has 1 fully saturated rings. The van der Waals surface area contributed by atoms with E-state index in [1.54, 1.807) is 22.6 Å². The van der Waals surface area contributed by atoms with E-state index in [1.165, 1.54) is 31.3 Å². The standard InChI is InChI=1S/C21H28FN3O5S/c1-16(26)24(9-11-29-2)13-18-12-23-21(25(18)14-19-7-5-10-30-19)31(27,28)15-17-6-3-4-8-20(17)22/h3-4,6,8,12,19H,5,7,9-11,13-15H2,1-2H3/t19-/m1/s1. The summed E-state index contributed by atoms with van der Waals surface area (Å²) in [5.74, 6) is -1.23. The normalized spacial score (nSPS) is 16.5. The second-order valence-electron chi connectivity index (χ2n) is 7.56. The maximum Gasteiger partial charge on any atom is 0.228 e. The summed E-state index contributed by atoms with van der Waals surface area (Å²) in [6, 6.07) is 5.79. The van der Waals surface area contributed by atoms with Crippen molar-refractivity contribution in [2.45, 2.75) is 49.9 Å². The Kier molecular flexibility index (Phi) is 7.79. The largest absolute Gasteiger partial charge is 0.383 e. The lowest BCUT2D eigenvalue weighted by molar-refractivity contribution is -0.130. The number of ether oxygens (including phenoxy) is 2. The molecule has 1 aliphatic rings. The number of carbonyl (C=O) groups excluding carboxylic acids is 1. The van der Waals surface area contributed by atoms with Gasteiger partial charge in [0.05, 0.1) is 43.4 Å². The number of hydrogen-bond donors (Lipinski definition) is 0. The van der Waals surface area contributed by atoms with Crippen LogP contribution in [0.25, 0.3) is 0 Å². The highest BCUT2D eigenvalue weighted by molar-refractivity contribution is 7.90. The van der Waals surface area contributed by atoms with Crippen molar-refractivity contribution in [1.29, 1.82) is 0 Å². The Labute approximate surface area is 181 Å². The van der Waals surface area contributed by atoms with Gasteiger partial charge < -0.3 is 18.9 Å². The number of methoxy groups -OCH3 is 1. The van der Waals surface area contributed by atoms with Crippen LogP contribution >= 0.6 is 0 Å². The van der Waals surface area contributed by atoms with Crippen molar-refractivity contribution in [3.05, 3.63) is 47.5 Å². The number of rotatable bonds is 10. The third kappa shape index (κ3) is 5.90. The molecule has 1 aliphatic heterocycles. The van der Waals surface area contributed by atoms with Gasteiger partial charge in [0.2, 0.25) is 20.9 Å². The minimum absolute atomic E-state index is 0.0844. The quantitative estimate of drug-likeness (QED) is 0.548. The Hall–Kier alpha value is -2.30. The maximum atomic E-state index is 14.1. The Morgan fingerprint density at radius 1 is 1.39 bits per heavy atom. The fourth-order valence-electron chi connectivity index (χ4n) is 3.58. The van der Waals surface area contributed by atoms with Crippen LogP contribution in [0.15, 0.2) is 35.6 Å². The minimum atomic E-state index is -3.93. The van der Waals surface area contributed by atoms with Crippen molar-refractivity contribution in [3.8, 4) is 0 Å². The number of sulfone groups is 1. The van der Waals surface area contributed by atoms with Gasteiger partial charge in [-0.3, -0.25) is 4.79 Å². The Balaban J connectivity index is 1.93. The zero-order valence-electron chi connectivity index (χ0n) is 17.8. The van der Waals surface area contributed by atoms with E-state index < -0.39 is 21.4 Å². The van der Waals surface area contributed by atoms with Gasteiger partial charge in [-0.15, -0.1) is 0 Å². The number of amides is 1. The van der Waals surface area contributed by atoms with Crippen LogP contribution in [0.3, 0.4) is 0 Å². The monoisotopic (exact) mass is 453 g/mol. The molecule has 0 spiro atoms. The lowest BCUT2D eigenvalue weighted by Crippen LogP contribution is -2.33. The third-order valence-corrected chi connectivity index (χ3v) is 6.83. The molecule has 0 N–H and O–H groups in total. The molecule has 10 heteroatoms. The molecule has 1 aromatic carbocycles. The van der Waals surface area contributed by atoms with Crippen LogP contribution < -0.4 is 0 Å². The SMILES string of the molecule is COCCN(Cc1cnc(S(=O)(=O)Cc2ccccc2F)n1C[C@H]1CCCO1)C(C)=O. The summed E-state index contributed by atoms with van der Waals surface area (Å²) < 4.78 is 52.8. The van der Waals surface area contributed by atoms with E-state index in [0.717, 1.165) is 12.8 Å². The number of nitrogens with zero attached hydrogens (tertiary/aromatic N) is 3. The van der Waals surface area contributed by atoms with E-state index in [4.69, 9.17) is 9.47 Å². The predicted octanol–water partition coefficient (Wildman–Crippen LogP) is 2.17. The van der Waals surface area contributed by atoms with Gasteiger partial charge in [-0.25, -0.2) is 17.8 Å². The molecular weight excluding hydrogens is 425 g/mol. The third-order valence-electron chi connectivity index (χ3n) is 5.26. The number of aromatic nitrogens is 2. The first-order valence-electron chi connectivity index (χ1n) is 10.2. The summed E-state index contributed by atoms with van der Waals surface area (Å²) in [6.07, 6.45) is 3.04. The van der Waals surface area contributed by atoms with Crippen LogP contribution in [-0.4, -0.2) is 61.7 Å². The molecule has 8 nitrogen and oxygen atoms in total. The van der Waals surface area contributed by atoms with Crippen LogP contribution in [0.5, 0.6) is 0 Å². The van der Waals surface area contributed by atoms with Gasteiger partial charge in [0.15, 0.2) is 0 Å². The van der Waals surface area contributed by atoms with E-state index in [9.17, 15) is 17.6 Å². The van der Waals surface area contributed by atoms with Crippen molar-refractivity contribution < 1.29 is 27.1 Å². The molecule has 2 aromatic rings. The summed E-state index contributed by atoms with van der Waals surface area (Å²) in [6.45, 7) is 3.29. The van der Waals surface area contributed by atoms with E-state index in [2.05, 4.69) is 4.98 Å². The highest BCUT2D eigenvalue weighted by atomic mass is 32.2. The fourth-order valence-corrected chi connectivity index (χ4v) is 5.10. The van der Waals surface area contributed by atoms with Gasteiger partial charge in [-0.05, 0) is 18.9 Å². The zero-order valence-corrected chi connectivity index (χ0v) is 18.6. The first kappa shape index (κ1) is 23.4. The second-order valence-corrected chi connectivity index (χ2v) is 9.44.